The molecule has 0 aliphatic rings. The lowest BCUT2D eigenvalue weighted by Crippen LogP contribution is -1.74. The van der Waals surface area contributed by atoms with Gasteiger partial charge in [0.15, 0.2) is 0 Å². The van der Waals surface area contributed by atoms with Gasteiger partial charge in [-0.2, -0.15) is 0 Å². The fourth-order valence-corrected chi connectivity index (χ4v) is 2.39. The Morgan fingerprint density at radius 2 is 0.467 bits per heavy atom. The monoisotopic (exact) mass is 396 g/mol. The first-order valence-corrected chi connectivity index (χ1v) is 10.5. The van der Waals surface area contributed by atoms with Crippen molar-refractivity contribution in [3.8, 4) is 0 Å². The number of benzene rings is 4. The third-order valence-corrected chi connectivity index (χ3v) is 4.73. The zero-order chi connectivity index (χ0) is 22.2. The highest BCUT2D eigenvalue weighted by atomic mass is 13.9. The second-order valence-corrected chi connectivity index (χ2v) is 7.48. The molecule has 0 unspecified atom stereocenters. The van der Waals surface area contributed by atoms with Crippen molar-refractivity contribution in [3.05, 3.63) is 143 Å². The van der Waals surface area contributed by atoms with Crippen LogP contribution in [-0.4, -0.2) is 0 Å². The van der Waals surface area contributed by atoms with Gasteiger partial charge in [0.1, 0.15) is 0 Å². The Balaban J connectivity index is 0.000000200. The zero-order valence-corrected chi connectivity index (χ0v) is 19.4. The highest BCUT2D eigenvalue weighted by molar-refractivity contribution is 5.24. The van der Waals surface area contributed by atoms with E-state index in [4.69, 9.17) is 0 Å². The standard InChI is InChI=1S/2C8H10.2C7H8/c2*1-7-5-3-4-6-8(7)2;2*1-7-5-3-2-4-6-7/h2*3-6H,1-2H3;2*2-6H,1H3. The van der Waals surface area contributed by atoms with E-state index in [0.717, 1.165) is 0 Å². The molecule has 0 saturated heterocycles. The number of hydrogen-bond acceptors (Lipinski definition) is 0. The third kappa shape index (κ3) is 11.7. The highest BCUT2D eigenvalue weighted by Crippen LogP contribution is 2.03. The topological polar surface area (TPSA) is 0 Å². The van der Waals surface area contributed by atoms with E-state index >= 15 is 0 Å². The summed E-state index contributed by atoms with van der Waals surface area (Å²) in [5, 5.41) is 0. The second kappa shape index (κ2) is 14.8. The van der Waals surface area contributed by atoms with E-state index in [-0.39, 0.29) is 0 Å². The summed E-state index contributed by atoms with van der Waals surface area (Å²) in [5.74, 6) is 0. The minimum Gasteiger partial charge on any atom is -0.0622 e. The van der Waals surface area contributed by atoms with E-state index in [9.17, 15) is 0 Å². The lowest BCUT2D eigenvalue weighted by Gasteiger charge is -1.93. The van der Waals surface area contributed by atoms with Gasteiger partial charge in [0, 0.05) is 0 Å². The summed E-state index contributed by atoms with van der Waals surface area (Å²) in [4.78, 5) is 0. The maximum Gasteiger partial charge on any atom is -0.0395 e. The molecule has 0 heterocycles. The molecule has 0 nitrogen and oxygen atoms in total. The summed E-state index contributed by atoms with van der Waals surface area (Å²) in [6.45, 7) is 12.6. The van der Waals surface area contributed by atoms with Crippen molar-refractivity contribution < 1.29 is 0 Å². The minimum atomic E-state index is 1.32. The SMILES string of the molecule is Cc1ccccc1.Cc1ccccc1.Cc1ccccc1C.Cc1ccccc1C. The van der Waals surface area contributed by atoms with Crippen molar-refractivity contribution in [2.24, 2.45) is 0 Å². The predicted octanol–water partition coefficient (Wildman–Crippen LogP) is 8.60. The average molecular weight is 397 g/mol. The van der Waals surface area contributed by atoms with E-state index in [1.165, 1.54) is 33.4 Å². The second-order valence-electron chi connectivity index (χ2n) is 7.48. The fraction of sp³-hybridized carbons (Fsp3) is 0.200. The molecular weight excluding hydrogens is 360 g/mol. The Labute approximate surface area is 184 Å². The van der Waals surface area contributed by atoms with Gasteiger partial charge in [0.25, 0.3) is 0 Å². The Hall–Kier alpha value is -3.12. The van der Waals surface area contributed by atoms with Crippen LogP contribution in [0.25, 0.3) is 0 Å². The lowest BCUT2D eigenvalue weighted by molar-refractivity contribution is 1.34. The number of rotatable bonds is 0. The van der Waals surface area contributed by atoms with Crippen LogP contribution in [0.3, 0.4) is 0 Å². The van der Waals surface area contributed by atoms with Gasteiger partial charge in [-0.15, -0.1) is 0 Å². The quantitative estimate of drug-likeness (QED) is 0.279. The molecular formula is C30H36. The summed E-state index contributed by atoms with van der Waals surface area (Å²) < 4.78 is 0. The number of hydrogen-bond donors (Lipinski definition) is 0. The molecule has 4 rings (SSSR count). The van der Waals surface area contributed by atoms with Crippen LogP contribution in [0.1, 0.15) is 33.4 Å². The molecule has 156 valence electrons. The Morgan fingerprint density at radius 1 is 0.267 bits per heavy atom. The Bertz CT molecular complexity index is 815. The molecule has 0 radical (unpaired) electrons. The molecule has 4 aromatic carbocycles. The van der Waals surface area contributed by atoms with Crippen molar-refractivity contribution in [1.29, 1.82) is 0 Å². The third-order valence-electron chi connectivity index (χ3n) is 4.73. The minimum absolute atomic E-state index is 1.32. The zero-order valence-electron chi connectivity index (χ0n) is 19.4. The van der Waals surface area contributed by atoms with Crippen LogP contribution >= 0.6 is 0 Å². The first kappa shape index (κ1) is 24.9. The highest BCUT2D eigenvalue weighted by Gasteiger charge is 1.84. The molecule has 0 fully saturated rings. The van der Waals surface area contributed by atoms with Gasteiger partial charge in [-0.1, -0.05) is 120 Å². The van der Waals surface area contributed by atoms with Gasteiger partial charge in [-0.3, -0.25) is 0 Å². The maximum absolute atomic E-state index is 2.12. The summed E-state index contributed by atoms with van der Waals surface area (Å²) >= 11 is 0. The van der Waals surface area contributed by atoms with Crippen molar-refractivity contribution >= 4 is 0 Å². The van der Waals surface area contributed by atoms with Gasteiger partial charge >= 0.3 is 0 Å². The van der Waals surface area contributed by atoms with Gasteiger partial charge in [-0.25, -0.2) is 0 Å². The lowest BCUT2D eigenvalue weighted by atomic mass is 10.1. The molecule has 0 amide bonds. The summed E-state index contributed by atoms with van der Waals surface area (Å²) in [7, 11) is 0. The summed E-state index contributed by atoms with van der Waals surface area (Å²) in [5.41, 5.74) is 8.12. The molecule has 0 aliphatic carbocycles. The molecule has 0 N–H and O–H groups in total. The van der Waals surface area contributed by atoms with Gasteiger partial charge in [-0.05, 0) is 63.8 Å². The molecule has 0 bridgehead atoms. The van der Waals surface area contributed by atoms with Gasteiger partial charge < -0.3 is 0 Å². The maximum atomic E-state index is 2.12. The van der Waals surface area contributed by atoms with Crippen molar-refractivity contribution in [2.75, 3.05) is 0 Å². The van der Waals surface area contributed by atoms with Crippen LogP contribution in [0.2, 0.25) is 0 Å². The molecule has 0 spiro atoms. The molecule has 0 aliphatic heterocycles. The first-order valence-electron chi connectivity index (χ1n) is 10.5. The van der Waals surface area contributed by atoms with E-state index in [2.05, 4.69) is 114 Å². The van der Waals surface area contributed by atoms with E-state index in [1.807, 2.05) is 36.4 Å². The van der Waals surface area contributed by atoms with Crippen molar-refractivity contribution in [1.82, 2.24) is 0 Å². The molecule has 0 atom stereocenters. The fourth-order valence-electron chi connectivity index (χ4n) is 2.39. The normalized spacial score (nSPS) is 9.00. The number of aryl methyl sites for hydroxylation is 6. The van der Waals surface area contributed by atoms with Crippen molar-refractivity contribution in [2.45, 2.75) is 41.5 Å². The van der Waals surface area contributed by atoms with E-state index in [0.29, 0.717) is 0 Å². The van der Waals surface area contributed by atoms with Crippen LogP contribution in [0.5, 0.6) is 0 Å². The summed E-state index contributed by atoms with van der Waals surface area (Å²) in [6.07, 6.45) is 0. The van der Waals surface area contributed by atoms with E-state index in [1.54, 1.807) is 0 Å². The van der Waals surface area contributed by atoms with Crippen LogP contribution < -0.4 is 0 Å². The summed E-state index contributed by atoms with van der Waals surface area (Å²) in [6, 6.07) is 37.2. The van der Waals surface area contributed by atoms with Crippen LogP contribution in [-0.2, 0) is 0 Å². The Morgan fingerprint density at radius 3 is 0.600 bits per heavy atom. The van der Waals surface area contributed by atoms with E-state index < -0.39 is 0 Å². The predicted molar refractivity (Wildman–Crippen MR) is 134 cm³/mol. The largest absolute Gasteiger partial charge is 0.0622 e. The van der Waals surface area contributed by atoms with Crippen LogP contribution in [0.15, 0.2) is 109 Å². The molecule has 4 aromatic rings. The molecule has 0 heteroatoms. The molecule has 30 heavy (non-hydrogen) atoms. The van der Waals surface area contributed by atoms with Crippen molar-refractivity contribution in [3.63, 3.8) is 0 Å². The van der Waals surface area contributed by atoms with Gasteiger partial charge in [0.05, 0.1) is 0 Å². The Kier molecular flexibility index (Phi) is 12.3. The molecule has 0 aromatic heterocycles. The average Bonchev–Trinajstić information content (AvgIpc) is 2.75. The van der Waals surface area contributed by atoms with Crippen LogP contribution in [0, 0.1) is 41.5 Å². The first-order chi connectivity index (χ1) is 14.4. The van der Waals surface area contributed by atoms with Crippen LogP contribution in [0.4, 0.5) is 0 Å². The molecule has 0 saturated carbocycles. The smallest absolute Gasteiger partial charge is 0.0395 e. The van der Waals surface area contributed by atoms with Gasteiger partial charge in [0.2, 0.25) is 0 Å².